The number of rotatable bonds is 8. The molecule has 0 bridgehead atoms. The van der Waals surface area contributed by atoms with Crippen LogP contribution in [-0.2, 0) is 16.0 Å². The van der Waals surface area contributed by atoms with Gasteiger partial charge in [0.2, 0.25) is 5.91 Å². The predicted molar refractivity (Wildman–Crippen MR) is 73.4 cm³/mol. The van der Waals surface area contributed by atoms with Crippen LogP contribution < -0.4 is 5.32 Å². The summed E-state index contributed by atoms with van der Waals surface area (Å²) in [4.78, 5) is 11.8. The van der Waals surface area contributed by atoms with E-state index in [1.807, 2.05) is 37.3 Å². The Labute approximate surface area is 114 Å². The molecule has 0 radical (unpaired) electrons. The van der Waals surface area contributed by atoms with Gasteiger partial charge in [-0.3, -0.25) is 4.79 Å². The molecule has 1 rings (SSSR count). The van der Waals surface area contributed by atoms with Crippen molar-refractivity contribution in [2.75, 3.05) is 19.8 Å². The van der Waals surface area contributed by atoms with Gasteiger partial charge in [0.15, 0.2) is 0 Å². The molecule has 1 aromatic carbocycles. The topological polar surface area (TPSA) is 62.1 Å². The summed E-state index contributed by atoms with van der Waals surface area (Å²) in [7, 11) is 0. The van der Waals surface area contributed by atoms with E-state index in [0.29, 0.717) is 26.2 Å². The maximum atomic E-state index is 11.8. The summed E-state index contributed by atoms with van der Waals surface area (Å²) in [5, 5.41) is 11.8. The standard InChI is InChI=1S/C15H20N2O2/c1-2-19-10-6-9-17-15(18)14(12-16)11-13-7-4-3-5-8-13/h3-5,7-8,14H,2,6,9-11H2,1H3,(H,17,18). The fourth-order valence-corrected chi connectivity index (χ4v) is 1.70. The van der Waals surface area contributed by atoms with Crippen molar-refractivity contribution in [3.05, 3.63) is 35.9 Å². The molecule has 0 aliphatic carbocycles. The highest BCUT2D eigenvalue weighted by Gasteiger charge is 2.17. The van der Waals surface area contributed by atoms with E-state index >= 15 is 0 Å². The largest absolute Gasteiger partial charge is 0.382 e. The van der Waals surface area contributed by atoms with Crippen molar-refractivity contribution in [3.63, 3.8) is 0 Å². The van der Waals surface area contributed by atoms with Crippen molar-refractivity contribution < 1.29 is 9.53 Å². The molecule has 0 aromatic heterocycles. The average Bonchev–Trinajstić information content (AvgIpc) is 2.45. The first-order valence-electron chi connectivity index (χ1n) is 6.57. The van der Waals surface area contributed by atoms with Crippen LogP contribution in [0.3, 0.4) is 0 Å². The number of nitriles is 1. The Morgan fingerprint density at radius 3 is 2.79 bits per heavy atom. The molecule has 4 heteroatoms. The molecule has 0 aliphatic rings. The molecular formula is C15H20N2O2. The first-order valence-corrected chi connectivity index (χ1v) is 6.57. The van der Waals surface area contributed by atoms with Crippen LogP contribution in [0.4, 0.5) is 0 Å². The molecule has 1 atom stereocenters. The van der Waals surface area contributed by atoms with Gasteiger partial charge in [0, 0.05) is 19.8 Å². The molecule has 4 nitrogen and oxygen atoms in total. The molecule has 0 saturated heterocycles. The predicted octanol–water partition coefficient (Wildman–Crippen LogP) is 1.91. The first kappa shape index (κ1) is 15.2. The summed E-state index contributed by atoms with van der Waals surface area (Å²) < 4.78 is 5.18. The van der Waals surface area contributed by atoms with Crippen molar-refractivity contribution in [2.45, 2.75) is 19.8 Å². The number of benzene rings is 1. The van der Waals surface area contributed by atoms with Crippen LogP contribution in [-0.4, -0.2) is 25.7 Å². The molecule has 102 valence electrons. The second-order valence-electron chi connectivity index (χ2n) is 4.21. The molecule has 19 heavy (non-hydrogen) atoms. The molecule has 0 fully saturated rings. The third-order valence-corrected chi connectivity index (χ3v) is 2.72. The van der Waals surface area contributed by atoms with Crippen LogP contribution in [0.1, 0.15) is 18.9 Å². The van der Waals surface area contributed by atoms with Gasteiger partial charge >= 0.3 is 0 Å². The van der Waals surface area contributed by atoms with Gasteiger partial charge in [0.1, 0.15) is 5.92 Å². The Morgan fingerprint density at radius 2 is 2.16 bits per heavy atom. The zero-order chi connectivity index (χ0) is 13.9. The fourth-order valence-electron chi connectivity index (χ4n) is 1.70. The third-order valence-electron chi connectivity index (χ3n) is 2.72. The molecule has 0 heterocycles. The van der Waals surface area contributed by atoms with Crippen molar-refractivity contribution >= 4 is 5.91 Å². The third kappa shape index (κ3) is 6.03. The number of hydrogen-bond donors (Lipinski definition) is 1. The van der Waals surface area contributed by atoms with E-state index in [2.05, 4.69) is 11.4 Å². The second-order valence-corrected chi connectivity index (χ2v) is 4.21. The van der Waals surface area contributed by atoms with E-state index in [9.17, 15) is 4.79 Å². The van der Waals surface area contributed by atoms with Crippen molar-refractivity contribution in [3.8, 4) is 6.07 Å². The number of carbonyl (C=O) groups excluding carboxylic acids is 1. The number of nitrogens with zero attached hydrogens (tertiary/aromatic N) is 1. The van der Waals surface area contributed by atoms with Crippen molar-refractivity contribution in [1.29, 1.82) is 5.26 Å². The van der Waals surface area contributed by atoms with Crippen LogP contribution in [0.15, 0.2) is 30.3 Å². The van der Waals surface area contributed by atoms with E-state index in [0.717, 1.165) is 12.0 Å². The Hall–Kier alpha value is -1.86. The Bertz CT molecular complexity index is 412. The van der Waals surface area contributed by atoms with Crippen LogP contribution in [0.5, 0.6) is 0 Å². The van der Waals surface area contributed by atoms with E-state index in [-0.39, 0.29) is 5.91 Å². The van der Waals surface area contributed by atoms with Crippen LogP contribution in [0.2, 0.25) is 0 Å². The quantitative estimate of drug-likeness (QED) is 0.726. The number of amides is 1. The summed E-state index contributed by atoms with van der Waals surface area (Å²) in [5.41, 5.74) is 0.999. The molecule has 0 saturated carbocycles. The van der Waals surface area contributed by atoms with Crippen LogP contribution >= 0.6 is 0 Å². The van der Waals surface area contributed by atoms with Crippen LogP contribution in [0.25, 0.3) is 0 Å². The Kier molecular flexibility index (Phi) is 7.30. The van der Waals surface area contributed by atoms with E-state index in [1.165, 1.54) is 0 Å². The highest BCUT2D eigenvalue weighted by molar-refractivity contribution is 5.81. The molecule has 1 N–H and O–H groups in total. The maximum absolute atomic E-state index is 11.8. The highest BCUT2D eigenvalue weighted by atomic mass is 16.5. The fraction of sp³-hybridized carbons (Fsp3) is 0.467. The normalized spacial score (nSPS) is 11.6. The lowest BCUT2D eigenvalue weighted by atomic mass is 10.00. The summed E-state index contributed by atoms with van der Waals surface area (Å²) in [6.07, 6.45) is 1.22. The Morgan fingerprint density at radius 1 is 1.42 bits per heavy atom. The average molecular weight is 260 g/mol. The summed E-state index contributed by atoms with van der Waals surface area (Å²) >= 11 is 0. The smallest absolute Gasteiger partial charge is 0.237 e. The maximum Gasteiger partial charge on any atom is 0.237 e. The zero-order valence-corrected chi connectivity index (χ0v) is 11.3. The van der Waals surface area contributed by atoms with Gasteiger partial charge in [-0.2, -0.15) is 5.26 Å². The van der Waals surface area contributed by atoms with E-state index < -0.39 is 5.92 Å². The highest BCUT2D eigenvalue weighted by Crippen LogP contribution is 2.08. The second kappa shape index (κ2) is 9.12. The van der Waals surface area contributed by atoms with Gasteiger partial charge in [-0.1, -0.05) is 30.3 Å². The van der Waals surface area contributed by atoms with Gasteiger partial charge in [0.25, 0.3) is 0 Å². The minimum atomic E-state index is -0.630. The minimum absolute atomic E-state index is 0.206. The SMILES string of the molecule is CCOCCCNC(=O)C(C#N)Cc1ccccc1. The monoisotopic (exact) mass is 260 g/mol. The molecule has 0 aliphatic heterocycles. The number of hydrogen-bond acceptors (Lipinski definition) is 3. The zero-order valence-electron chi connectivity index (χ0n) is 11.3. The Balaban J connectivity index is 2.34. The number of carbonyl (C=O) groups is 1. The summed E-state index contributed by atoms with van der Waals surface area (Å²) in [6, 6.07) is 11.6. The number of nitrogens with one attached hydrogen (secondary N) is 1. The van der Waals surface area contributed by atoms with E-state index in [1.54, 1.807) is 0 Å². The molecule has 0 spiro atoms. The molecule has 1 aromatic rings. The van der Waals surface area contributed by atoms with Gasteiger partial charge in [0.05, 0.1) is 6.07 Å². The van der Waals surface area contributed by atoms with Gasteiger partial charge in [-0.05, 0) is 25.3 Å². The van der Waals surface area contributed by atoms with Gasteiger partial charge in [-0.15, -0.1) is 0 Å². The first-order chi connectivity index (χ1) is 9.27. The van der Waals surface area contributed by atoms with Crippen molar-refractivity contribution in [1.82, 2.24) is 5.32 Å². The lowest BCUT2D eigenvalue weighted by molar-refractivity contribution is -0.123. The lowest BCUT2D eigenvalue weighted by Gasteiger charge is -2.10. The molecule has 1 unspecified atom stereocenters. The van der Waals surface area contributed by atoms with Crippen molar-refractivity contribution in [2.24, 2.45) is 5.92 Å². The van der Waals surface area contributed by atoms with Gasteiger partial charge in [-0.25, -0.2) is 0 Å². The molecular weight excluding hydrogens is 240 g/mol. The van der Waals surface area contributed by atoms with E-state index in [4.69, 9.17) is 10.00 Å². The number of ether oxygens (including phenoxy) is 1. The van der Waals surface area contributed by atoms with Gasteiger partial charge < -0.3 is 10.1 Å². The summed E-state index contributed by atoms with van der Waals surface area (Å²) in [5.74, 6) is -0.836. The molecule has 1 amide bonds. The minimum Gasteiger partial charge on any atom is -0.382 e. The lowest BCUT2D eigenvalue weighted by Crippen LogP contribution is -2.32. The van der Waals surface area contributed by atoms with Crippen LogP contribution in [0, 0.1) is 17.2 Å². The summed E-state index contributed by atoms with van der Waals surface area (Å²) in [6.45, 7) is 3.80.